The molecular weight excluding hydrogens is 248 g/mol. The highest BCUT2D eigenvalue weighted by molar-refractivity contribution is 5.66. The van der Waals surface area contributed by atoms with Gasteiger partial charge in [-0.25, -0.2) is 0 Å². The molecule has 0 bridgehead atoms. The molecule has 6 heteroatoms. The summed E-state index contributed by atoms with van der Waals surface area (Å²) in [6.45, 7) is 3.17. The van der Waals surface area contributed by atoms with E-state index in [1.807, 2.05) is 11.9 Å². The van der Waals surface area contributed by atoms with E-state index in [0.29, 0.717) is 12.2 Å². The normalized spacial score (nSPS) is 10.9. The van der Waals surface area contributed by atoms with Crippen LogP contribution in [-0.2, 0) is 17.9 Å². The number of aromatic nitrogens is 1. The van der Waals surface area contributed by atoms with Gasteiger partial charge in [0.1, 0.15) is 6.54 Å². The Morgan fingerprint density at radius 1 is 1.47 bits per heavy atom. The van der Waals surface area contributed by atoms with Crippen molar-refractivity contribution in [2.75, 3.05) is 13.6 Å². The summed E-state index contributed by atoms with van der Waals surface area (Å²) in [5.41, 5.74) is 0.101. The van der Waals surface area contributed by atoms with Crippen LogP contribution < -0.4 is 5.43 Å². The summed E-state index contributed by atoms with van der Waals surface area (Å²) < 4.78 is 1.39. The number of unbranched alkanes of at least 4 members (excludes halogenated alkanes) is 1. The molecule has 0 radical (unpaired) electrons. The maximum absolute atomic E-state index is 11.4. The Kier molecular flexibility index (Phi) is 5.57. The van der Waals surface area contributed by atoms with Crippen molar-refractivity contribution in [2.45, 2.75) is 32.9 Å². The van der Waals surface area contributed by atoms with Gasteiger partial charge in [-0.3, -0.25) is 9.59 Å². The molecule has 19 heavy (non-hydrogen) atoms. The van der Waals surface area contributed by atoms with E-state index >= 15 is 0 Å². The second kappa shape index (κ2) is 6.94. The third-order valence-corrected chi connectivity index (χ3v) is 2.83. The van der Waals surface area contributed by atoms with Crippen LogP contribution in [0.25, 0.3) is 0 Å². The van der Waals surface area contributed by atoms with Gasteiger partial charge < -0.3 is 19.7 Å². The summed E-state index contributed by atoms with van der Waals surface area (Å²) in [6.07, 6.45) is 3.29. The third-order valence-electron chi connectivity index (χ3n) is 2.83. The number of aromatic hydroxyl groups is 1. The number of hydrogen-bond acceptors (Lipinski definition) is 4. The van der Waals surface area contributed by atoms with Gasteiger partial charge in [0.25, 0.3) is 0 Å². The van der Waals surface area contributed by atoms with Crippen LogP contribution in [0, 0.1) is 0 Å². The minimum atomic E-state index is -1.01. The zero-order valence-corrected chi connectivity index (χ0v) is 11.3. The van der Waals surface area contributed by atoms with E-state index in [2.05, 4.69) is 6.92 Å². The van der Waals surface area contributed by atoms with Gasteiger partial charge in [0.05, 0.1) is 6.20 Å². The molecule has 0 aliphatic heterocycles. The van der Waals surface area contributed by atoms with E-state index < -0.39 is 17.1 Å². The summed E-state index contributed by atoms with van der Waals surface area (Å²) in [4.78, 5) is 24.2. The van der Waals surface area contributed by atoms with E-state index in [-0.39, 0.29) is 6.54 Å². The smallest absolute Gasteiger partial charge is 0.323 e. The molecule has 0 aliphatic carbocycles. The Morgan fingerprint density at radius 2 is 2.16 bits per heavy atom. The van der Waals surface area contributed by atoms with Gasteiger partial charge >= 0.3 is 5.97 Å². The Balaban J connectivity index is 2.93. The van der Waals surface area contributed by atoms with Crippen molar-refractivity contribution in [1.29, 1.82) is 0 Å². The first-order valence-corrected chi connectivity index (χ1v) is 6.26. The van der Waals surface area contributed by atoms with Crippen LogP contribution in [-0.4, -0.2) is 39.2 Å². The van der Waals surface area contributed by atoms with Gasteiger partial charge in [0.2, 0.25) is 5.43 Å². The average molecular weight is 268 g/mol. The van der Waals surface area contributed by atoms with E-state index in [9.17, 15) is 14.7 Å². The molecule has 0 spiro atoms. The molecule has 0 saturated carbocycles. The number of aliphatic carboxylic acids is 1. The van der Waals surface area contributed by atoms with Crippen LogP contribution in [0.4, 0.5) is 0 Å². The molecule has 0 fully saturated rings. The number of nitrogens with zero attached hydrogens (tertiary/aromatic N) is 2. The number of carboxylic acid groups (broad SMARTS) is 1. The lowest BCUT2D eigenvalue weighted by atomic mass is 10.2. The first kappa shape index (κ1) is 15.2. The van der Waals surface area contributed by atoms with Crippen molar-refractivity contribution in [3.63, 3.8) is 0 Å². The highest BCUT2D eigenvalue weighted by atomic mass is 16.4. The lowest BCUT2D eigenvalue weighted by Crippen LogP contribution is -2.25. The number of carbonyl (C=O) groups is 1. The quantitative estimate of drug-likeness (QED) is 0.766. The Hall–Kier alpha value is -1.82. The molecule has 0 atom stereocenters. The minimum Gasteiger partial charge on any atom is -0.503 e. The summed E-state index contributed by atoms with van der Waals surface area (Å²) in [5.74, 6) is -1.44. The summed E-state index contributed by atoms with van der Waals surface area (Å²) in [6, 6.07) is 1.29. The van der Waals surface area contributed by atoms with Crippen molar-refractivity contribution in [1.82, 2.24) is 9.47 Å². The topological polar surface area (TPSA) is 82.8 Å². The van der Waals surface area contributed by atoms with Gasteiger partial charge in [0, 0.05) is 18.3 Å². The average Bonchev–Trinajstić information content (AvgIpc) is 2.32. The van der Waals surface area contributed by atoms with Gasteiger partial charge in [0.15, 0.2) is 5.75 Å². The number of pyridine rings is 1. The molecular formula is C13H20N2O4. The fourth-order valence-electron chi connectivity index (χ4n) is 1.82. The van der Waals surface area contributed by atoms with Crippen LogP contribution >= 0.6 is 0 Å². The SMILES string of the molecule is CCCCN(C)Cc1cc(=O)c(O)cn1CC(=O)O. The molecule has 0 saturated heterocycles. The second-order valence-corrected chi connectivity index (χ2v) is 4.63. The number of hydrogen-bond donors (Lipinski definition) is 2. The molecule has 0 aromatic carbocycles. The maximum atomic E-state index is 11.4. The molecule has 1 rings (SSSR count). The standard InChI is InChI=1S/C13H20N2O4/c1-3-4-5-14(2)7-10-6-11(16)12(17)8-15(10)9-13(18)19/h6,8,17H,3-5,7,9H2,1-2H3,(H,18,19). The molecule has 0 unspecified atom stereocenters. The lowest BCUT2D eigenvalue weighted by molar-refractivity contribution is -0.137. The Labute approximate surface area is 111 Å². The van der Waals surface area contributed by atoms with E-state index in [4.69, 9.17) is 5.11 Å². The van der Waals surface area contributed by atoms with Crippen molar-refractivity contribution in [3.8, 4) is 5.75 Å². The third kappa shape index (κ3) is 4.75. The summed E-state index contributed by atoms with van der Waals surface area (Å²) >= 11 is 0. The predicted octanol–water partition coefficient (Wildman–Crippen LogP) is 0.870. The zero-order valence-electron chi connectivity index (χ0n) is 11.3. The van der Waals surface area contributed by atoms with Gasteiger partial charge in [-0.15, -0.1) is 0 Å². The van der Waals surface area contributed by atoms with Crippen LogP contribution in [0.3, 0.4) is 0 Å². The maximum Gasteiger partial charge on any atom is 0.323 e. The molecule has 1 aromatic rings. The van der Waals surface area contributed by atoms with Crippen LogP contribution in [0.15, 0.2) is 17.1 Å². The molecule has 2 N–H and O–H groups in total. The Morgan fingerprint density at radius 3 is 2.74 bits per heavy atom. The van der Waals surface area contributed by atoms with Gasteiger partial charge in [-0.1, -0.05) is 13.3 Å². The predicted molar refractivity (Wildman–Crippen MR) is 71.2 cm³/mol. The van der Waals surface area contributed by atoms with Gasteiger partial charge in [-0.05, 0) is 20.0 Å². The molecule has 0 aliphatic rings. The Bertz CT molecular complexity index is 496. The van der Waals surface area contributed by atoms with Crippen LogP contribution in [0.1, 0.15) is 25.5 Å². The zero-order chi connectivity index (χ0) is 14.4. The molecule has 1 heterocycles. The largest absolute Gasteiger partial charge is 0.503 e. The van der Waals surface area contributed by atoms with Crippen molar-refractivity contribution < 1.29 is 15.0 Å². The molecule has 1 aromatic heterocycles. The highest BCUT2D eigenvalue weighted by Gasteiger charge is 2.10. The van der Waals surface area contributed by atoms with Crippen LogP contribution in [0.2, 0.25) is 0 Å². The number of rotatable bonds is 7. The van der Waals surface area contributed by atoms with Crippen molar-refractivity contribution >= 4 is 5.97 Å². The van der Waals surface area contributed by atoms with E-state index in [1.165, 1.54) is 16.8 Å². The summed E-state index contributed by atoms with van der Waals surface area (Å²) in [5, 5.41) is 18.2. The summed E-state index contributed by atoms with van der Waals surface area (Å²) in [7, 11) is 1.91. The second-order valence-electron chi connectivity index (χ2n) is 4.63. The fourth-order valence-corrected chi connectivity index (χ4v) is 1.82. The first-order chi connectivity index (χ1) is 8.93. The minimum absolute atomic E-state index is 0.273. The molecule has 0 amide bonds. The van der Waals surface area contributed by atoms with Crippen molar-refractivity contribution in [3.05, 3.63) is 28.2 Å². The van der Waals surface area contributed by atoms with Gasteiger partial charge in [-0.2, -0.15) is 0 Å². The lowest BCUT2D eigenvalue weighted by Gasteiger charge is -2.19. The molecule has 6 nitrogen and oxygen atoms in total. The number of carboxylic acids is 1. The highest BCUT2D eigenvalue weighted by Crippen LogP contribution is 2.08. The molecule has 106 valence electrons. The van der Waals surface area contributed by atoms with Crippen molar-refractivity contribution in [2.24, 2.45) is 0 Å². The van der Waals surface area contributed by atoms with E-state index in [0.717, 1.165) is 19.4 Å². The van der Waals surface area contributed by atoms with E-state index in [1.54, 1.807) is 0 Å². The fraction of sp³-hybridized carbons (Fsp3) is 0.538. The van der Waals surface area contributed by atoms with Crippen LogP contribution in [0.5, 0.6) is 5.75 Å². The monoisotopic (exact) mass is 268 g/mol. The first-order valence-electron chi connectivity index (χ1n) is 6.26.